The Kier molecular flexibility index (Phi) is 5.89. The van der Waals surface area contributed by atoms with E-state index in [9.17, 15) is 9.59 Å². The SMILES string of the molecule is COC1CN(C(=O)[C@@H](NC(=O)OC(C)(C)C)C2CCCCC2)C1. The Balaban J connectivity index is 1.99. The zero-order valence-electron chi connectivity index (χ0n) is 14.8. The molecule has 6 heteroatoms. The van der Waals surface area contributed by atoms with Crippen molar-refractivity contribution >= 4 is 12.0 Å². The van der Waals surface area contributed by atoms with Gasteiger partial charge in [-0.2, -0.15) is 0 Å². The van der Waals surface area contributed by atoms with Crippen molar-refractivity contribution in [1.29, 1.82) is 0 Å². The third kappa shape index (κ3) is 5.09. The highest BCUT2D eigenvalue weighted by atomic mass is 16.6. The number of rotatable bonds is 4. The van der Waals surface area contributed by atoms with E-state index in [0.29, 0.717) is 13.1 Å². The number of hydrogen-bond donors (Lipinski definition) is 1. The fourth-order valence-electron chi connectivity index (χ4n) is 3.25. The molecule has 1 saturated heterocycles. The second-order valence-electron chi connectivity index (χ2n) is 7.62. The Morgan fingerprint density at radius 1 is 1.13 bits per heavy atom. The molecule has 2 aliphatic rings. The standard InChI is InChI=1S/C17H30N2O4/c1-17(2,3)23-16(21)18-14(12-8-6-5-7-9-12)15(20)19-10-13(11-19)22-4/h12-14H,5-11H2,1-4H3,(H,18,21)/t14-/m0/s1. The van der Waals surface area contributed by atoms with Crippen LogP contribution in [0.25, 0.3) is 0 Å². The van der Waals surface area contributed by atoms with E-state index in [1.54, 1.807) is 12.0 Å². The van der Waals surface area contributed by atoms with Gasteiger partial charge < -0.3 is 19.7 Å². The van der Waals surface area contributed by atoms with E-state index in [-0.39, 0.29) is 17.9 Å². The molecule has 2 rings (SSSR count). The van der Waals surface area contributed by atoms with Gasteiger partial charge in [0, 0.05) is 20.2 Å². The Morgan fingerprint density at radius 3 is 2.26 bits per heavy atom. The molecule has 1 aliphatic carbocycles. The van der Waals surface area contributed by atoms with E-state index in [0.717, 1.165) is 25.7 Å². The highest BCUT2D eigenvalue weighted by Crippen LogP contribution is 2.28. The highest BCUT2D eigenvalue weighted by Gasteiger charge is 2.39. The summed E-state index contributed by atoms with van der Waals surface area (Å²) in [7, 11) is 1.66. The molecule has 23 heavy (non-hydrogen) atoms. The van der Waals surface area contributed by atoms with Gasteiger partial charge in [-0.3, -0.25) is 4.79 Å². The molecule has 1 N–H and O–H groups in total. The molecule has 2 amide bonds. The fraction of sp³-hybridized carbons (Fsp3) is 0.882. The third-order valence-corrected chi connectivity index (χ3v) is 4.55. The quantitative estimate of drug-likeness (QED) is 0.861. The van der Waals surface area contributed by atoms with Crippen molar-refractivity contribution in [2.24, 2.45) is 5.92 Å². The van der Waals surface area contributed by atoms with Crippen molar-refractivity contribution in [2.45, 2.75) is 70.6 Å². The van der Waals surface area contributed by atoms with Crippen LogP contribution < -0.4 is 5.32 Å². The topological polar surface area (TPSA) is 67.9 Å². The van der Waals surface area contributed by atoms with Crippen molar-refractivity contribution in [2.75, 3.05) is 20.2 Å². The van der Waals surface area contributed by atoms with Crippen LogP contribution in [0, 0.1) is 5.92 Å². The first-order valence-corrected chi connectivity index (χ1v) is 8.61. The van der Waals surface area contributed by atoms with Crippen LogP contribution in [0.4, 0.5) is 4.79 Å². The lowest BCUT2D eigenvalue weighted by Crippen LogP contribution is -2.61. The normalized spacial score (nSPS) is 21.5. The predicted molar refractivity (Wildman–Crippen MR) is 87.1 cm³/mol. The maximum atomic E-state index is 12.8. The van der Waals surface area contributed by atoms with E-state index in [4.69, 9.17) is 9.47 Å². The van der Waals surface area contributed by atoms with Crippen LogP contribution in [0.3, 0.4) is 0 Å². The van der Waals surface area contributed by atoms with Crippen LogP contribution in [0.1, 0.15) is 52.9 Å². The van der Waals surface area contributed by atoms with E-state index in [1.807, 2.05) is 20.8 Å². The molecule has 1 atom stereocenters. The number of carbonyl (C=O) groups excluding carboxylic acids is 2. The number of likely N-dealkylation sites (tertiary alicyclic amines) is 1. The van der Waals surface area contributed by atoms with Crippen LogP contribution in [0.5, 0.6) is 0 Å². The zero-order valence-corrected chi connectivity index (χ0v) is 14.8. The number of methoxy groups -OCH3 is 1. The molecule has 0 spiro atoms. The van der Waals surface area contributed by atoms with E-state index in [2.05, 4.69) is 5.32 Å². The summed E-state index contributed by atoms with van der Waals surface area (Å²) in [6.07, 6.45) is 5.01. The maximum Gasteiger partial charge on any atom is 0.408 e. The maximum absolute atomic E-state index is 12.8. The first kappa shape index (κ1) is 18.0. The average molecular weight is 326 g/mol. The Hall–Kier alpha value is -1.30. The molecular formula is C17H30N2O4. The van der Waals surface area contributed by atoms with Gasteiger partial charge in [0.25, 0.3) is 0 Å². The minimum atomic E-state index is -0.567. The van der Waals surface area contributed by atoms with Crippen LogP contribution in [0.15, 0.2) is 0 Å². The smallest absolute Gasteiger partial charge is 0.408 e. The Labute approximate surface area is 138 Å². The Morgan fingerprint density at radius 2 is 1.74 bits per heavy atom. The van der Waals surface area contributed by atoms with Gasteiger partial charge in [0.2, 0.25) is 5.91 Å². The molecule has 6 nitrogen and oxygen atoms in total. The fourth-order valence-corrected chi connectivity index (χ4v) is 3.25. The van der Waals surface area contributed by atoms with Crippen LogP contribution >= 0.6 is 0 Å². The molecule has 0 aromatic carbocycles. The van der Waals surface area contributed by atoms with Crippen molar-refractivity contribution in [3.05, 3.63) is 0 Å². The number of nitrogens with one attached hydrogen (secondary N) is 1. The number of carbonyl (C=O) groups is 2. The van der Waals surface area contributed by atoms with Crippen molar-refractivity contribution in [3.8, 4) is 0 Å². The second kappa shape index (κ2) is 7.51. The molecule has 0 bridgehead atoms. The van der Waals surface area contributed by atoms with Crippen LogP contribution in [-0.2, 0) is 14.3 Å². The molecule has 0 aromatic heterocycles. The van der Waals surface area contributed by atoms with Gasteiger partial charge in [-0.05, 0) is 39.5 Å². The molecular weight excluding hydrogens is 296 g/mol. The molecule has 2 fully saturated rings. The number of alkyl carbamates (subject to hydrolysis) is 1. The number of hydrogen-bond acceptors (Lipinski definition) is 4. The Bertz CT molecular complexity index is 421. The lowest BCUT2D eigenvalue weighted by molar-refractivity contribution is -0.147. The molecule has 0 unspecified atom stereocenters. The lowest BCUT2D eigenvalue weighted by Gasteiger charge is -2.42. The third-order valence-electron chi connectivity index (χ3n) is 4.55. The highest BCUT2D eigenvalue weighted by molar-refractivity contribution is 5.86. The van der Waals surface area contributed by atoms with Gasteiger partial charge in [-0.1, -0.05) is 19.3 Å². The van der Waals surface area contributed by atoms with Crippen LogP contribution in [0.2, 0.25) is 0 Å². The molecule has 1 aliphatic heterocycles. The van der Waals surface area contributed by atoms with Gasteiger partial charge in [0.15, 0.2) is 0 Å². The molecule has 1 saturated carbocycles. The minimum absolute atomic E-state index is 0.00365. The summed E-state index contributed by atoms with van der Waals surface area (Å²) < 4.78 is 10.6. The first-order valence-electron chi connectivity index (χ1n) is 8.61. The summed E-state index contributed by atoms with van der Waals surface area (Å²) in [6.45, 7) is 6.68. The summed E-state index contributed by atoms with van der Waals surface area (Å²) in [6, 6.07) is -0.483. The summed E-state index contributed by atoms with van der Waals surface area (Å²) >= 11 is 0. The summed E-state index contributed by atoms with van der Waals surface area (Å²) in [5, 5.41) is 2.83. The minimum Gasteiger partial charge on any atom is -0.444 e. The first-order chi connectivity index (χ1) is 10.8. The van der Waals surface area contributed by atoms with Crippen molar-refractivity contribution in [3.63, 3.8) is 0 Å². The van der Waals surface area contributed by atoms with E-state index in [1.165, 1.54) is 6.42 Å². The van der Waals surface area contributed by atoms with Crippen molar-refractivity contribution < 1.29 is 19.1 Å². The number of nitrogens with zero attached hydrogens (tertiary/aromatic N) is 1. The number of amides is 2. The monoisotopic (exact) mass is 326 g/mol. The molecule has 0 aromatic rings. The van der Waals surface area contributed by atoms with Crippen LogP contribution in [-0.4, -0.2) is 54.8 Å². The van der Waals surface area contributed by atoms with Gasteiger partial charge in [-0.25, -0.2) is 4.79 Å². The van der Waals surface area contributed by atoms with E-state index < -0.39 is 17.7 Å². The molecule has 1 heterocycles. The van der Waals surface area contributed by atoms with Crippen molar-refractivity contribution in [1.82, 2.24) is 10.2 Å². The van der Waals surface area contributed by atoms with Gasteiger partial charge in [0.05, 0.1) is 6.10 Å². The predicted octanol–water partition coefficient (Wildman–Crippen LogP) is 2.32. The van der Waals surface area contributed by atoms with Gasteiger partial charge in [0.1, 0.15) is 11.6 Å². The zero-order chi connectivity index (χ0) is 17.0. The summed E-state index contributed by atoms with van der Waals surface area (Å²) in [5.74, 6) is 0.196. The summed E-state index contributed by atoms with van der Waals surface area (Å²) in [4.78, 5) is 26.7. The molecule has 132 valence electrons. The molecule has 0 radical (unpaired) electrons. The lowest BCUT2D eigenvalue weighted by atomic mass is 9.83. The second-order valence-corrected chi connectivity index (χ2v) is 7.62. The largest absolute Gasteiger partial charge is 0.444 e. The number of ether oxygens (including phenoxy) is 2. The summed E-state index contributed by atoms with van der Waals surface area (Å²) in [5.41, 5.74) is -0.567. The average Bonchev–Trinajstić information content (AvgIpc) is 2.42. The van der Waals surface area contributed by atoms with Gasteiger partial charge >= 0.3 is 6.09 Å². The van der Waals surface area contributed by atoms with E-state index >= 15 is 0 Å². The van der Waals surface area contributed by atoms with Gasteiger partial charge in [-0.15, -0.1) is 0 Å².